The van der Waals surface area contributed by atoms with Crippen molar-refractivity contribution in [2.24, 2.45) is 23.3 Å². The number of hydrogen-bond donors (Lipinski definition) is 2. The zero-order valence-corrected chi connectivity index (χ0v) is 12.1. The third kappa shape index (κ3) is 5.59. The van der Waals surface area contributed by atoms with Crippen molar-refractivity contribution in [2.45, 2.75) is 45.4 Å². The van der Waals surface area contributed by atoms with Crippen LogP contribution in [0, 0.1) is 11.8 Å². The molecule has 0 aliphatic heterocycles. The number of amides is 3. The molecule has 1 aliphatic rings. The normalized spacial score (nSPS) is 17.4. The van der Waals surface area contributed by atoms with E-state index >= 15 is 0 Å². The highest BCUT2D eigenvalue weighted by atomic mass is 16.2. The summed E-state index contributed by atoms with van der Waals surface area (Å²) in [5, 5.41) is 0. The van der Waals surface area contributed by atoms with Crippen molar-refractivity contribution >= 4 is 17.7 Å². The van der Waals surface area contributed by atoms with E-state index in [0.29, 0.717) is 12.3 Å². The summed E-state index contributed by atoms with van der Waals surface area (Å²) in [6.45, 7) is 1.55. The van der Waals surface area contributed by atoms with Crippen molar-refractivity contribution in [3.8, 4) is 0 Å². The second kappa shape index (κ2) is 7.87. The Morgan fingerprint density at radius 2 is 1.55 bits per heavy atom. The summed E-state index contributed by atoms with van der Waals surface area (Å²) < 4.78 is 0. The monoisotopic (exact) mass is 283 g/mol. The Hall–Kier alpha value is -1.59. The summed E-state index contributed by atoms with van der Waals surface area (Å²) in [6.07, 6.45) is 6.35. The molecule has 20 heavy (non-hydrogen) atoms. The topological polar surface area (TPSA) is 106 Å². The van der Waals surface area contributed by atoms with Crippen molar-refractivity contribution in [3.05, 3.63) is 0 Å². The minimum Gasteiger partial charge on any atom is -0.368 e. The second-order valence-corrected chi connectivity index (χ2v) is 5.76. The third-order valence-electron chi connectivity index (χ3n) is 4.00. The van der Waals surface area contributed by atoms with Gasteiger partial charge in [0.25, 0.3) is 0 Å². The zero-order valence-electron chi connectivity index (χ0n) is 12.1. The first-order valence-electron chi connectivity index (χ1n) is 7.24. The van der Waals surface area contributed by atoms with Crippen LogP contribution in [0.5, 0.6) is 0 Å². The molecule has 0 saturated heterocycles. The first-order valence-corrected chi connectivity index (χ1v) is 7.24. The molecular weight excluding hydrogens is 258 g/mol. The number of hydrogen-bond acceptors (Lipinski definition) is 3. The second-order valence-electron chi connectivity index (χ2n) is 5.76. The number of primary amides is 2. The van der Waals surface area contributed by atoms with Crippen molar-refractivity contribution in [2.75, 3.05) is 13.1 Å². The quantitative estimate of drug-likeness (QED) is 0.705. The Labute approximate surface area is 119 Å². The first kappa shape index (κ1) is 16.5. The van der Waals surface area contributed by atoms with Gasteiger partial charge >= 0.3 is 0 Å². The van der Waals surface area contributed by atoms with Gasteiger partial charge in [0.15, 0.2) is 0 Å². The van der Waals surface area contributed by atoms with Crippen molar-refractivity contribution < 1.29 is 14.4 Å². The van der Waals surface area contributed by atoms with Gasteiger partial charge in [-0.2, -0.15) is 0 Å². The van der Waals surface area contributed by atoms with Crippen LogP contribution in [0.1, 0.15) is 45.4 Å². The van der Waals surface area contributed by atoms with E-state index < -0.39 is 11.8 Å². The average Bonchev–Trinajstić information content (AvgIpc) is 2.37. The minimum atomic E-state index is -0.634. The number of nitrogens with zero attached hydrogens (tertiary/aromatic N) is 1. The molecule has 1 rings (SSSR count). The van der Waals surface area contributed by atoms with Crippen molar-refractivity contribution in [3.63, 3.8) is 0 Å². The molecule has 0 heterocycles. The maximum Gasteiger partial charge on any atom is 0.237 e. The van der Waals surface area contributed by atoms with E-state index in [4.69, 9.17) is 11.5 Å². The number of rotatable bonds is 7. The van der Waals surface area contributed by atoms with Gasteiger partial charge < -0.3 is 16.4 Å². The lowest BCUT2D eigenvalue weighted by Crippen LogP contribution is -2.44. The van der Waals surface area contributed by atoms with Crippen LogP contribution in [-0.2, 0) is 14.4 Å². The van der Waals surface area contributed by atoms with E-state index in [1.165, 1.54) is 19.3 Å². The Bertz CT molecular complexity index is 349. The molecule has 4 N–H and O–H groups in total. The molecular formula is C14H25N3O3. The van der Waals surface area contributed by atoms with Gasteiger partial charge in [-0.1, -0.05) is 39.0 Å². The molecule has 1 atom stereocenters. The molecule has 1 aliphatic carbocycles. The number of carbonyl (C=O) groups is 3. The fourth-order valence-corrected chi connectivity index (χ4v) is 2.88. The summed E-state index contributed by atoms with van der Waals surface area (Å²) in [7, 11) is 0. The largest absolute Gasteiger partial charge is 0.368 e. The Balaban J connectivity index is 2.54. The van der Waals surface area contributed by atoms with E-state index in [1.807, 2.05) is 0 Å². The number of nitrogens with two attached hydrogens (primary N) is 2. The SMILES string of the molecule is CC(CC(=O)N(CC(N)=O)CC(N)=O)C1CCCCC1. The standard InChI is InChI=1S/C14H25N3O3/c1-10(11-5-3-2-4-6-11)7-14(20)17(8-12(15)18)9-13(16)19/h10-11H,2-9H2,1H3,(H2,15,18)(H2,16,19). The predicted octanol–water partition coefficient (Wildman–Crippen LogP) is 0.392. The van der Waals surface area contributed by atoms with E-state index in [-0.39, 0.29) is 24.9 Å². The van der Waals surface area contributed by atoms with Crippen LogP contribution in [0.2, 0.25) is 0 Å². The number of carbonyl (C=O) groups excluding carboxylic acids is 3. The highest BCUT2D eigenvalue weighted by Gasteiger charge is 2.25. The van der Waals surface area contributed by atoms with Gasteiger partial charge in [0.2, 0.25) is 17.7 Å². The van der Waals surface area contributed by atoms with Crippen LogP contribution < -0.4 is 11.5 Å². The van der Waals surface area contributed by atoms with Gasteiger partial charge in [0, 0.05) is 6.42 Å². The van der Waals surface area contributed by atoms with E-state index in [2.05, 4.69) is 6.92 Å². The van der Waals surface area contributed by atoms with Gasteiger partial charge in [0.05, 0.1) is 13.1 Å². The van der Waals surface area contributed by atoms with Crippen molar-refractivity contribution in [1.82, 2.24) is 4.90 Å². The van der Waals surface area contributed by atoms with Crippen LogP contribution in [0.4, 0.5) is 0 Å². The van der Waals surface area contributed by atoms with E-state index in [9.17, 15) is 14.4 Å². The fraction of sp³-hybridized carbons (Fsp3) is 0.786. The van der Waals surface area contributed by atoms with Crippen LogP contribution >= 0.6 is 0 Å². The first-order chi connectivity index (χ1) is 9.40. The summed E-state index contributed by atoms with van der Waals surface area (Å²) in [5.41, 5.74) is 10.2. The molecule has 6 nitrogen and oxygen atoms in total. The van der Waals surface area contributed by atoms with Gasteiger partial charge in [-0.05, 0) is 11.8 Å². The summed E-state index contributed by atoms with van der Waals surface area (Å²) >= 11 is 0. The molecule has 114 valence electrons. The molecule has 0 bridgehead atoms. The molecule has 0 aromatic rings. The molecule has 1 unspecified atom stereocenters. The van der Waals surface area contributed by atoms with Crippen LogP contribution in [-0.4, -0.2) is 35.7 Å². The molecule has 0 spiro atoms. The lowest BCUT2D eigenvalue weighted by molar-refractivity contribution is -0.139. The van der Waals surface area contributed by atoms with Crippen LogP contribution in [0.15, 0.2) is 0 Å². The summed E-state index contributed by atoms with van der Waals surface area (Å²) in [6, 6.07) is 0. The fourth-order valence-electron chi connectivity index (χ4n) is 2.88. The third-order valence-corrected chi connectivity index (χ3v) is 4.00. The lowest BCUT2D eigenvalue weighted by atomic mass is 9.79. The predicted molar refractivity (Wildman–Crippen MR) is 75.3 cm³/mol. The van der Waals surface area contributed by atoms with Gasteiger partial charge in [-0.25, -0.2) is 0 Å². The average molecular weight is 283 g/mol. The van der Waals surface area contributed by atoms with Crippen LogP contribution in [0.3, 0.4) is 0 Å². The Morgan fingerprint density at radius 1 is 1.05 bits per heavy atom. The maximum absolute atomic E-state index is 12.2. The molecule has 1 fully saturated rings. The summed E-state index contributed by atoms with van der Waals surface area (Å²) in [4.78, 5) is 35.3. The van der Waals surface area contributed by atoms with Gasteiger partial charge in [-0.3, -0.25) is 14.4 Å². The van der Waals surface area contributed by atoms with Gasteiger partial charge in [-0.15, -0.1) is 0 Å². The smallest absolute Gasteiger partial charge is 0.237 e. The Morgan fingerprint density at radius 3 is 2.00 bits per heavy atom. The van der Waals surface area contributed by atoms with Gasteiger partial charge in [0.1, 0.15) is 0 Å². The van der Waals surface area contributed by atoms with E-state index in [0.717, 1.165) is 17.7 Å². The molecule has 0 aromatic carbocycles. The molecule has 0 aromatic heterocycles. The molecule has 0 radical (unpaired) electrons. The minimum absolute atomic E-state index is 0.222. The lowest BCUT2D eigenvalue weighted by Gasteiger charge is -2.29. The Kier molecular flexibility index (Phi) is 6.48. The molecule has 6 heteroatoms. The highest BCUT2D eigenvalue weighted by molar-refractivity contribution is 5.88. The highest BCUT2D eigenvalue weighted by Crippen LogP contribution is 2.31. The zero-order chi connectivity index (χ0) is 15.1. The van der Waals surface area contributed by atoms with Crippen LogP contribution in [0.25, 0.3) is 0 Å². The summed E-state index contributed by atoms with van der Waals surface area (Å²) in [5.74, 6) is -0.682. The molecule has 1 saturated carbocycles. The van der Waals surface area contributed by atoms with E-state index in [1.54, 1.807) is 0 Å². The van der Waals surface area contributed by atoms with Crippen molar-refractivity contribution in [1.29, 1.82) is 0 Å². The molecule has 3 amide bonds. The maximum atomic E-state index is 12.2.